The van der Waals surface area contributed by atoms with Gasteiger partial charge in [-0.15, -0.1) is 0 Å². The predicted octanol–water partition coefficient (Wildman–Crippen LogP) is 0.861. The molecule has 4 nitrogen and oxygen atoms in total. The number of ether oxygens (including phenoxy) is 1. The third-order valence-electron chi connectivity index (χ3n) is 4.22. The van der Waals surface area contributed by atoms with Crippen molar-refractivity contribution in [3.8, 4) is 0 Å². The van der Waals surface area contributed by atoms with Gasteiger partial charge in [0.25, 0.3) is 5.91 Å². The number of carbonyl (C=O) groups is 1. The molecular weight excluding hydrogens is 248 g/mol. The number of hydrogen-bond donors (Lipinski definition) is 1. The molecular formula is C13H22N2O2S. The maximum atomic E-state index is 12.6. The van der Waals surface area contributed by atoms with Gasteiger partial charge >= 0.3 is 0 Å². The summed E-state index contributed by atoms with van der Waals surface area (Å²) in [4.78, 5) is 14.7. The van der Waals surface area contributed by atoms with Crippen molar-refractivity contribution < 1.29 is 9.53 Å². The summed E-state index contributed by atoms with van der Waals surface area (Å²) in [6, 6.07) is 0.468. The second-order valence-electron chi connectivity index (χ2n) is 5.36. The number of nitrogens with one attached hydrogen (secondary N) is 1. The van der Waals surface area contributed by atoms with E-state index >= 15 is 0 Å². The lowest BCUT2D eigenvalue weighted by Crippen LogP contribution is -2.57. The fourth-order valence-corrected chi connectivity index (χ4v) is 4.72. The van der Waals surface area contributed by atoms with Crippen molar-refractivity contribution in [1.29, 1.82) is 0 Å². The summed E-state index contributed by atoms with van der Waals surface area (Å²) in [5.41, 5.74) is 0. The molecule has 0 spiro atoms. The molecule has 1 amide bonds. The monoisotopic (exact) mass is 270 g/mol. The lowest BCUT2D eigenvalue weighted by Gasteiger charge is -2.45. The topological polar surface area (TPSA) is 41.6 Å². The van der Waals surface area contributed by atoms with Crippen molar-refractivity contribution in [3.63, 3.8) is 0 Å². The van der Waals surface area contributed by atoms with Gasteiger partial charge in [0.15, 0.2) is 0 Å². The molecule has 2 heterocycles. The molecule has 3 rings (SSSR count). The van der Waals surface area contributed by atoms with Crippen molar-refractivity contribution >= 4 is 17.7 Å². The summed E-state index contributed by atoms with van der Waals surface area (Å²) in [5.74, 6) is 1.31. The minimum Gasteiger partial charge on any atom is -0.366 e. The van der Waals surface area contributed by atoms with Crippen LogP contribution in [0.1, 0.15) is 25.7 Å². The summed E-state index contributed by atoms with van der Waals surface area (Å²) in [7, 11) is 0. The first-order valence-electron chi connectivity index (χ1n) is 7.10. The van der Waals surface area contributed by atoms with Crippen LogP contribution in [0, 0.1) is 0 Å². The Labute approximate surface area is 113 Å². The van der Waals surface area contributed by atoms with Gasteiger partial charge in [0.2, 0.25) is 0 Å². The zero-order valence-electron chi connectivity index (χ0n) is 10.8. The number of fused-ring (bicyclic) bond motifs is 1. The number of thioether (sulfide) groups is 1. The number of nitrogens with zero attached hydrogens (tertiary/aromatic N) is 1. The molecule has 0 bridgehead atoms. The second-order valence-corrected chi connectivity index (χ2v) is 6.70. The van der Waals surface area contributed by atoms with Crippen LogP contribution in [0.5, 0.6) is 0 Å². The highest BCUT2D eigenvalue weighted by molar-refractivity contribution is 8.00. The van der Waals surface area contributed by atoms with Gasteiger partial charge in [-0.1, -0.05) is 12.8 Å². The summed E-state index contributed by atoms with van der Waals surface area (Å²) >= 11 is 2.06. The number of amides is 1. The first kappa shape index (κ1) is 12.8. The highest BCUT2D eigenvalue weighted by Crippen LogP contribution is 2.35. The largest absolute Gasteiger partial charge is 0.366 e. The zero-order valence-corrected chi connectivity index (χ0v) is 11.6. The molecule has 1 aliphatic carbocycles. The minimum absolute atomic E-state index is 0.222. The predicted molar refractivity (Wildman–Crippen MR) is 72.8 cm³/mol. The molecule has 3 unspecified atom stereocenters. The van der Waals surface area contributed by atoms with E-state index in [1.807, 2.05) is 0 Å². The lowest BCUT2D eigenvalue weighted by molar-refractivity contribution is -0.148. The van der Waals surface area contributed by atoms with Gasteiger partial charge < -0.3 is 15.0 Å². The van der Waals surface area contributed by atoms with Gasteiger partial charge in [-0.05, 0) is 12.8 Å². The summed E-state index contributed by atoms with van der Waals surface area (Å²) < 4.78 is 5.61. The van der Waals surface area contributed by atoms with Gasteiger partial charge in [0, 0.05) is 36.7 Å². The van der Waals surface area contributed by atoms with Crippen molar-refractivity contribution in [1.82, 2.24) is 10.2 Å². The Balaban J connectivity index is 1.67. The van der Waals surface area contributed by atoms with Crippen LogP contribution in [-0.4, -0.2) is 60.2 Å². The molecule has 2 saturated heterocycles. The van der Waals surface area contributed by atoms with Crippen molar-refractivity contribution in [2.75, 3.05) is 32.0 Å². The van der Waals surface area contributed by atoms with Gasteiger partial charge in [0.05, 0.1) is 6.61 Å². The quantitative estimate of drug-likeness (QED) is 0.767. The van der Waals surface area contributed by atoms with Crippen LogP contribution in [0.15, 0.2) is 0 Å². The van der Waals surface area contributed by atoms with E-state index in [2.05, 4.69) is 22.0 Å². The third kappa shape index (κ3) is 2.53. The standard InChI is InChI=1S/C13H22N2O2S/c16-13(11-9-14-5-7-17-11)15-6-8-18-12-4-2-1-3-10(12)15/h10-12,14H,1-9H2. The Hall–Kier alpha value is -0.260. The minimum atomic E-state index is -0.246. The molecule has 1 N–H and O–H groups in total. The van der Waals surface area contributed by atoms with Gasteiger partial charge in [-0.3, -0.25) is 4.79 Å². The molecule has 1 saturated carbocycles. The molecule has 18 heavy (non-hydrogen) atoms. The molecule has 5 heteroatoms. The smallest absolute Gasteiger partial charge is 0.253 e. The molecule has 3 atom stereocenters. The van der Waals surface area contributed by atoms with Gasteiger partial charge in [0.1, 0.15) is 6.10 Å². The molecule has 2 aliphatic heterocycles. The Morgan fingerprint density at radius 3 is 3.06 bits per heavy atom. The van der Waals surface area contributed by atoms with E-state index in [-0.39, 0.29) is 12.0 Å². The molecule has 0 radical (unpaired) electrons. The van der Waals surface area contributed by atoms with Crippen LogP contribution in [0.25, 0.3) is 0 Å². The first-order valence-corrected chi connectivity index (χ1v) is 8.15. The van der Waals surface area contributed by atoms with Gasteiger partial charge in [-0.25, -0.2) is 0 Å². The summed E-state index contributed by atoms with van der Waals surface area (Å²) in [5, 5.41) is 3.92. The van der Waals surface area contributed by atoms with Crippen LogP contribution < -0.4 is 5.32 Å². The van der Waals surface area contributed by atoms with Crippen molar-refractivity contribution in [3.05, 3.63) is 0 Å². The first-order chi connectivity index (χ1) is 8.86. The van der Waals surface area contributed by atoms with Crippen LogP contribution in [-0.2, 0) is 9.53 Å². The molecule has 0 aromatic carbocycles. The highest BCUT2D eigenvalue weighted by Gasteiger charge is 2.39. The number of rotatable bonds is 1. The van der Waals surface area contributed by atoms with E-state index in [0.717, 1.165) is 18.8 Å². The highest BCUT2D eigenvalue weighted by atomic mass is 32.2. The summed E-state index contributed by atoms with van der Waals surface area (Å²) in [6.45, 7) is 3.11. The Morgan fingerprint density at radius 1 is 1.33 bits per heavy atom. The van der Waals surface area contributed by atoms with Gasteiger partial charge in [-0.2, -0.15) is 11.8 Å². The van der Waals surface area contributed by atoms with Crippen LogP contribution in [0.4, 0.5) is 0 Å². The Morgan fingerprint density at radius 2 is 2.22 bits per heavy atom. The Bertz CT molecular complexity index is 305. The van der Waals surface area contributed by atoms with E-state index in [9.17, 15) is 4.79 Å². The van der Waals surface area contributed by atoms with Crippen molar-refractivity contribution in [2.24, 2.45) is 0 Å². The van der Waals surface area contributed by atoms with Crippen LogP contribution in [0.2, 0.25) is 0 Å². The van der Waals surface area contributed by atoms with E-state index in [1.165, 1.54) is 25.7 Å². The fourth-order valence-electron chi connectivity index (χ4n) is 3.28. The maximum absolute atomic E-state index is 12.6. The summed E-state index contributed by atoms with van der Waals surface area (Å²) in [6.07, 6.45) is 4.82. The van der Waals surface area contributed by atoms with Crippen LogP contribution in [0.3, 0.4) is 0 Å². The number of carbonyl (C=O) groups excluding carboxylic acids is 1. The normalized spacial score (nSPS) is 37.1. The van der Waals surface area contributed by atoms with E-state index < -0.39 is 0 Å². The van der Waals surface area contributed by atoms with E-state index in [4.69, 9.17) is 4.74 Å². The molecule has 3 aliphatic rings. The molecule has 102 valence electrons. The lowest BCUT2D eigenvalue weighted by atomic mass is 9.93. The second kappa shape index (κ2) is 5.80. The molecule has 0 aromatic heterocycles. The average Bonchev–Trinajstić information content (AvgIpc) is 2.47. The zero-order chi connectivity index (χ0) is 12.4. The third-order valence-corrected chi connectivity index (χ3v) is 5.61. The van der Waals surface area contributed by atoms with Crippen molar-refractivity contribution in [2.45, 2.75) is 43.1 Å². The number of hydrogen-bond acceptors (Lipinski definition) is 4. The Kier molecular flexibility index (Phi) is 4.11. The van der Waals surface area contributed by atoms with E-state index in [0.29, 0.717) is 24.4 Å². The fraction of sp³-hybridized carbons (Fsp3) is 0.923. The molecule has 0 aromatic rings. The molecule has 3 fully saturated rings. The maximum Gasteiger partial charge on any atom is 0.253 e. The average molecular weight is 270 g/mol. The number of morpholine rings is 1. The SMILES string of the molecule is O=C(C1CNCCO1)N1CCSC2CCCCC21. The van der Waals surface area contributed by atoms with Crippen LogP contribution >= 0.6 is 11.8 Å². The van der Waals surface area contributed by atoms with E-state index in [1.54, 1.807) is 0 Å².